The zero-order valence-electron chi connectivity index (χ0n) is 14.4. The Hall–Kier alpha value is -2.34. The van der Waals surface area contributed by atoms with Gasteiger partial charge in [0.05, 0.1) is 18.3 Å². The van der Waals surface area contributed by atoms with Gasteiger partial charge in [0, 0.05) is 23.9 Å². The predicted molar refractivity (Wildman–Crippen MR) is 102 cm³/mol. The van der Waals surface area contributed by atoms with Gasteiger partial charge in [-0.2, -0.15) is 0 Å². The van der Waals surface area contributed by atoms with Crippen LogP contribution in [0.2, 0.25) is 0 Å². The first-order valence-electron chi connectivity index (χ1n) is 8.53. The molecule has 1 aromatic carbocycles. The van der Waals surface area contributed by atoms with E-state index in [4.69, 9.17) is 10.5 Å². The fourth-order valence-electron chi connectivity index (χ4n) is 3.48. The third-order valence-corrected chi connectivity index (χ3v) is 5.96. The van der Waals surface area contributed by atoms with E-state index in [0.29, 0.717) is 16.5 Å². The summed E-state index contributed by atoms with van der Waals surface area (Å²) in [6, 6.07) is 7.75. The lowest BCUT2D eigenvalue weighted by molar-refractivity contribution is 0.0689. The number of piperidine rings is 1. The zero-order valence-corrected chi connectivity index (χ0v) is 15.2. The second-order valence-corrected chi connectivity index (χ2v) is 7.74. The Bertz CT molecular complexity index is 966. The van der Waals surface area contributed by atoms with Crippen molar-refractivity contribution in [1.82, 2.24) is 9.88 Å². The molecule has 1 atom stereocenters. The van der Waals surface area contributed by atoms with Crippen LogP contribution in [-0.2, 0) is 0 Å². The highest BCUT2D eigenvalue weighted by atomic mass is 32.1. The van der Waals surface area contributed by atoms with Crippen LogP contribution in [0.5, 0.6) is 5.75 Å². The van der Waals surface area contributed by atoms with Crippen LogP contribution < -0.4 is 10.5 Å². The second-order valence-electron chi connectivity index (χ2n) is 6.74. The average molecular weight is 355 g/mol. The van der Waals surface area contributed by atoms with Gasteiger partial charge >= 0.3 is 0 Å². The quantitative estimate of drug-likeness (QED) is 0.757. The molecule has 3 aromatic rings. The molecule has 1 unspecified atom stereocenters. The fourth-order valence-corrected chi connectivity index (χ4v) is 4.54. The fraction of sp³-hybridized carbons (Fsp3) is 0.368. The Morgan fingerprint density at radius 1 is 1.40 bits per heavy atom. The molecule has 3 heterocycles. The minimum atomic E-state index is 0.0358. The van der Waals surface area contributed by atoms with E-state index >= 15 is 0 Å². The number of anilines is 1. The zero-order chi connectivity index (χ0) is 17.6. The van der Waals surface area contributed by atoms with E-state index in [1.54, 1.807) is 7.11 Å². The number of carbonyl (C=O) groups excluding carboxylic acids is 1. The van der Waals surface area contributed by atoms with E-state index in [1.807, 2.05) is 29.2 Å². The van der Waals surface area contributed by atoms with Crippen LogP contribution in [0.1, 0.15) is 29.4 Å². The van der Waals surface area contributed by atoms with Crippen molar-refractivity contribution in [3.63, 3.8) is 0 Å². The SMILES string of the molecule is COc1ccc2nc3sc(C(=O)N4CCCC(C)C4)c(N)c3cc2c1. The number of likely N-dealkylation sites (tertiary alicyclic amines) is 1. The molecule has 130 valence electrons. The maximum atomic E-state index is 12.9. The van der Waals surface area contributed by atoms with E-state index in [-0.39, 0.29) is 5.91 Å². The normalized spacial score (nSPS) is 18.0. The summed E-state index contributed by atoms with van der Waals surface area (Å²) in [5, 5.41) is 1.81. The van der Waals surface area contributed by atoms with Crippen LogP contribution in [0, 0.1) is 5.92 Å². The number of fused-ring (bicyclic) bond motifs is 2. The van der Waals surface area contributed by atoms with Gasteiger partial charge in [-0.15, -0.1) is 11.3 Å². The van der Waals surface area contributed by atoms with E-state index in [9.17, 15) is 4.79 Å². The maximum absolute atomic E-state index is 12.9. The number of benzene rings is 1. The predicted octanol–water partition coefficient (Wildman–Crippen LogP) is 3.91. The Labute approximate surface area is 150 Å². The number of ether oxygens (including phenoxy) is 1. The van der Waals surface area contributed by atoms with E-state index < -0.39 is 0 Å². The minimum absolute atomic E-state index is 0.0358. The van der Waals surface area contributed by atoms with Gasteiger partial charge in [-0.3, -0.25) is 4.79 Å². The standard InChI is InChI=1S/C19H21N3O2S/c1-11-4-3-7-22(10-11)19(23)17-16(20)14-9-12-8-13(24-2)5-6-15(12)21-18(14)25-17/h5-6,8-9,11H,3-4,7,10,20H2,1-2H3. The van der Waals surface area contributed by atoms with Crippen molar-refractivity contribution in [2.45, 2.75) is 19.8 Å². The molecule has 0 bridgehead atoms. The molecule has 25 heavy (non-hydrogen) atoms. The molecule has 0 saturated carbocycles. The van der Waals surface area contributed by atoms with Crippen LogP contribution in [-0.4, -0.2) is 36.0 Å². The van der Waals surface area contributed by atoms with E-state index in [2.05, 4.69) is 11.9 Å². The summed E-state index contributed by atoms with van der Waals surface area (Å²) >= 11 is 1.39. The van der Waals surface area contributed by atoms with Gasteiger partial charge in [0.15, 0.2) is 0 Å². The molecule has 5 nitrogen and oxygen atoms in total. The van der Waals surface area contributed by atoms with Crippen molar-refractivity contribution in [2.24, 2.45) is 5.92 Å². The molecule has 6 heteroatoms. The molecular weight excluding hydrogens is 334 g/mol. The van der Waals surface area contributed by atoms with Crippen LogP contribution in [0.15, 0.2) is 24.3 Å². The number of methoxy groups -OCH3 is 1. The lowest BCUT2D eigenvalue weighted by atomic mass is 10.00. The number of hydrogen-bond donors (Lipinski definition) is 1. The van der Waals surface area contributed by atoms with Gasteiger partial charge in [0.25, 0.3) is 5.91 Å². The summed E-state index contributed by atoms with van der Waals surface area (Å²) in [6.07, 6.45) is 2.24. The van der Waals surface area contributed by atoms with Crippen molar-refractivity contribution in [3.05, 3.63) is 29.1 Å². The summed E-state index contributed by atoms with van der Waals surface area (Å²) < 4.78 is 5.28. The highest BCUT2D eigenvalue weighted by molar-refractivity contribution is 7.21. The molecule has 1 amide bonds. The minimum Gasteiger partial charge on any atom is -0.497 e. The number of nitrogens with two attached hydrogens (primary N) is 1. The number of thiophene rings is 1. The second kappa shape index (κ2) is 6.19. The van der Waals surface area contributed by atoms with E-state index in [1.165, 1.54) is 17.8 Å². The molecule has 0 spiro atoms. The summed E-state index contributed by atoms with van der Waals surface area (Å²) in [7, 11) is 1.64. The molecule has 1 fully saturated rings. The number of hydrogen-bond acceptors (Lipinski definition) is 5. The maximum Gasteiger partial charge on any atom is 0.266 e. The Kier molecular flexibility index (Phi) is 4.00. The van der Waals surface area contributed by atoms with Crippen LogP contribution in [0.3, 0.4) is 0 Å². The third kappa shape index (κ3) is 2.80. The molecule has 2 N–H and O–H groups in total. The Balaban J connectivity index is 1.78. The summed E-state index contributed by atoms with van der Waals surface area (Å²) in [6.45, 7) is 3.80. The first-order chi connectivity index (χ1) is 12.1. The smallest absolute Gasteiger partial charge is 0.266 e. The topological polar surface area (TPSA) is 68.5 Å². The molecule has 4 rings (SSSR count). The number of pyridine rings is 1. The molecule has 0 radical (unpaired) electrons. The Morgan fingerprint density at radius 3 is 3.00 bits per heavy atom. The van der Waals surface area contributed by atoms with Gasteiger partial charge in [-0.25, -0.2) is 4.98 Å². The number of amides is 1. The van der Waals surface area contributed by atoms with Crippen molar-refractivity contribution in [2.75, 3.05) is 25.9 Å². The van der Waals surface area contributed by atoms with Crippen molar-refractivity contribution in [1.29, 1.82) is 0 Å². The molecular formula is C19H21N3O2S. The molecule has 2 aromatic heterocycles. The monoisotopic (exact) mass is 355 g/mol. The largest absolute Gasteiger partial charge is 0.497 e. The van der Waals surface area contributed by atoms with Gasteiger partial charge in [-0.1, -0.05) is 6.92 Å². The Morgan fingerprint density at radius 2 is 2.24 bits per heavy atom. The molecule has 1 aliphatic heterocycles. The number of nitrogen functional groups attached to an aromatic ring is 1. The number of aromatic nitrogens is 1. The van der Waals surface area contributed by atoms with Crippen LogP contribution >= 0.6 is 11.3 Å². The highest BCUT2D eigenvalue weighted by Crippen LogP contribution is 2.36. The molecule has 1 saturated heterocycles. The number of nitrogens with zero attached hydrogens (tertiary/aromatic N) is 2. The number of carbonyl (C=O) groups is 1. The lowest BCUT2D eigenvalue weighted by Crippen LogP contribution is -2.38. The van der Waals surface area contributed by atoms with Crippen LogP contribution in [0.4, 0.5) is 5.69 Å². The average Bonchev–Trinajstić information content (AvgIpc) is 2.94. The van der Waals surface area contributed by atoms with Gasteiger partial charge in [-0.05, 0) is 43.0 Å². The van der Waals surface area contributed by atoms with Gasteiger partial charge < -0.3 is 15.4 Å². The summed E-state index contributed by atoms with van der Waals surface area (Å²) in [4.78, 5) is 21.0. The number of rotatable bonds is 2. The van der Waals surface area contributed by atoms with Gasteiger partial charge in [0.1, 0.15) is 15.5 Å². The first-order valence-corrected chi connectivity index (χ1v) is 9.34. The van der Waals surface area contributed by atoms with Crippen molar-refractivity contribution in [3.8, 4) is 5.75 Å². The molecule has 1 aliphatic rings. The molecule has 0 aliphatic carbocycles. The third-order valence-electron chi connectivity index (χ3n) is 4.86. The van der Waals surface area contributed by atoms with Crippen molar-refractivity contribution >= 4 is 44.1 Å². The van der Waals surface area contributed by atoms with E-state index in [0.717, 1.165) is 46.4 Å². The summed E-state index contributed by atoms with van der Waals surface area (Å²) in [5.41, 5.74) is 7.75. The van der Waals surface area contributed by atoms with Gasteiger partial charge in [0.2, 0.25) is 0 Å². The van der Waals surface area contributed by atoms with Crippen molar-refractivity contribution < 1.29 is 9.53 Å². The lowest BCUT2D eigenvalue weighted by Gasteiger charge is -2.30. The highest BCUT2D eigenvalue weighted by Gasteiger charge is 2.26. The first kappa shape index (κ1) is 16.1. The van der Waals surface area contributed by atoms with Crippen LogP contribution in [0.25, 0.3) is 21.1 Å². The summed E-state index contributed by atoms with van der Waals surface area (Å²) in [5.74, 6) is 1.36.